The van der Waals surface area contributed by atoms with Crippen molar-refractivity contribution < 1.29 is 9.47 Å². The second-order valence-electron chi connectivity index (χ2n) is 6.29. The highest BCUT2D eigenvalue weighted by atomic mass is 32.2. The first-order valence-electron chi connectivity index (χ1n) is 8.45. The number of H-pyrrole nitrogens is 1. The second kappa shape index (κ2) is 6.72. The molecule has 1 aromatic carbocycles. The molecule has 1 N–H and O–H groups in total. The zero-order valence-corrected chi connectivity index (χ0v) is 15.1. The van der Waals surface area contributed by atoms with Gasteiger partial charge in [-0.15, -0.1) is 0 Å². The first-order chi connectivity index (χ1) is 12.2. The summed E-state index contributed by atoms with van der Waals surface area (Å²) in [6.07, 6.45) is 1.79. The minimum atomic E-state index is -0.0525. The lowest BCUT2D eigenvalue weighted by molar-refractivity contribution is 0.0666. The summed E-state index contributed by atoms with van der Waals surface area (Å²) in [4.78, 5) is 17.4. The number of aliphatic imine (C=N–C) groups is 1. The molecule has 4 rings (SSSR count). The lowest BCUT2D eigenvalue weighted by Crippen LogP contribution is -2.21. The van der Waals surface area contributed by atoms with Crippen LogP contribution in [-0.4, -0.2) is 35.1 Å². The maximum Gasteiger partial charge on any atom is 0.271 e. The number of nitrogens with one attached hydrogen (secondary N) is 1. The van der Waals surface area contributed by atoms with E-state index in [9.17, 15) is 4.79 Å². The summed E-state index contributed by atoms with van der Waals surface area (Å²) in [5.74, 6) is 1.58. The van der Waals surface area contributed by atoms with Crippen molar-refractivity contribution >= 4 is 22.6 Å². The largest absolute Gasteiger partial charge is 0.497 e. The van der Waals surface area contributed by atoms with Gasteiger partial charge in [-0.1, -0.05) is 23.9 Å². The Morgan fingerprint density at radius 3 is 2.68 bits per heavy atom. The van der Waals surface area contributed by atoms with E-state index in [0.717, 1.165) is 53.8 Å². The number of ether oxygens (including phenoxy) is 2. The maximum atomic E-state index is 12.7. The summed E-state index contributed by atoms with van der Waals surface area (Å²) in [6.45, 7) is 3.44. The molecule has 1 saturated heterocycles. The van der Waals surface area contributed by atoms with Crippen LogP contribution in [0.5, 0.6) is 5.75 Å². The topological polar surface area (TPSA) is 68.6 Å². The van der Waals surface area contributed by atoms with Gasteiger partial charge in [0.25, 0.3) is 5.56 Å². The van der Waals surface area contributed by atoms with E-state index in [-0.39, 0.29) is 16.9 Å². The molecule has 6 nitrogen and oxygen atoms in total. The van der Waals surface area contributed by atoms with Crippen molar-refractivity contribution in [2.45, 2.75) is 31.1 Å². The average molecular weight is 359 g/mol. The van der Waals surface area contributed by atoms with E-state index in [0.29, 0.717) is 0 Å². The number of aromatic nitrogens is 2. The molecule has 0 bridgehead atoms. The van der Waals surface area contributed by atoms with Crippen LogP contribution in [0.1, 0.15) is 42.2 Å². The van der Waals surface area contributed by atoms with Crippen LogP contribution in [0, 0.1) is 0 Å². The smallest absolute Gasteiger partial charge is 0.271 e. The molecule has 0 amide bonds. The highest BCUT2D eigenvalue weighted by Gasteiger charge is 2.32. The third-order valence-electron chi connectivity index (χ3n) is 4.72. The van der Waals surface area contributed by atoms with Gasteiger partial charge in [-0.2, -0.15) is 0 Å². The molecule has 25 heavy (non-hydrogen) atoms. The summed E-state index contributed by atoms with van der Waals surface area (Å²) in [5.41, 5.74) is 1.77. The number of hydrogen-bond acceptors (Lipinski definition) is 5. The van der Waals surface area contributed by atoms with Crippen molar-refractivity contribution in [2.24, 2.45) is 4.99 Å². The van der Waals surface area contributed by atoms with Crippen LogP contribution in [-0.2, 0) is 4.74 Å². The molecule has 7 heteroatoms. The van der Waals surface area contributed by atoms with Crippen LogP contribution in [0.2, 0.25) is 0 Å². The molecule has 0 radical (unpaired) electrons. The minimum absolute atomic E-state index is 0.0499. The van der Waals surface area contributed by atoms with Gasteiger partial charge in [0.1, 0.15) is 5.75 Å². The van der Waals surface area contributed by atoms with Gasteiger partial charge in [0.2, 0.25) is 0 Å². The van der Waals surface area contributed by atoms with Crippen LogP contribution in [0.15, 0.2) is 34.1 Å². The van der Waals surface area contributed by atoms with Gasteiger partial charge >= 0.3 is 0 Å². The maximum absolute atomic E-state index is 12.7. The normalized spacial score (nSPS) is 20.9. The van der Waals surface area contributed by atoms with Crippen molar-refractivity contribution in [2.75, 3.05) is 20.3 Å². The molecule has 2 aliphatic rings. The first-order valence-corrected chi connectivity index (χ1v) is 9.33. The Balaban J connectivity index is 1.77. The molecule has 1 aromatic heterocycles. The summed E-state index contributed by atoms with van der Waals surface area (Å²) in [7, 11) is 1.65. The molecular formula is C18H21N3O3S. The number of nitrogens with zero attached hydrogens (tertiary/aromatic N) is 2. The number of hydrogen-bond donors (Lipinski definition) is 1. The summed E-state index contributed by atoms with van der Waals surface area (Å²) < 4.78 is 12.6. The van der Waals surface area contributed by atoms with Gasteiger partial charge in [0.15, 0.2) is 5.82 Å². The van der Waals surface area contributed by atoms with Crippen molar-refractivity contribution in [1.29, 1.82) is 0 Å². The lowest BCUT2D eigenvalue weighted by Gasteiger charge is -2.26. The average Bonchev–Trinajstić information content (AvgIpc) is 2.98. The van der Waals surface area contributed by atoms with E-state index < -0.39 is 0 Å². The monoisotopic (exact) mass is 359 g/mol. The molecule has 0 saturated carbocycles. The Bertz CT molecular complexity index is 847. The van der Waals surface area contributed by atoms with Crippen LogP contribution in [0.3, 0.4) is 0 Å². The number of methoxy groups -OCH3 is 1. The number of fused-ring (bicyclic) bond motifs is 1. The lowest BCUT2D eigenvalue weighted by atomic mass is 10.1. The Hall–Kier alpha value is -1.99. The van der Waals surface area contributed by atoms with Gasteiger partial charge in [0.05, 0.1) is 29.0 Å². The number of aromatic amines is 1. The highest BCUT2D eigenvalue weighted by molar-refractivity contribution is 8.14. The SMILES string of the molecule is COc1ccc([C@@H]2SC(C)=Nc3c2c(=O)[nH]n3C2CCOCC2)cc1. The van der Waals surface area contributed by atoms with E-state index in [4.69, 9.17) is 14.5 Å². The Labute approximate surface area is 150 Å². The molecule has 0 aliphatic carbocycles. The number of thioether (sulfide) groups is 1. The highest BCUT2D eigenvalue weighted by Crippen LogP contribution is 2.44. The molecule has 132 valence electrons. The predicted octanol–water partition coefficient (Wildman–Crippen LogP) is 3.42. The van der Waals surface area contributed by atoms with E-state index in [1.54, 1.807) is 18.9 Å². The van der Waals surface area contributed by atoms with Crippen LogP contribution in [0.25, 0.3) is 0 Å². The standard InChI is InChI=1S/C18H21N3O3S/c1-11-19-17-15(16(25-11)12-3-5-14(23-2)6-4-12)18(22)20-21(17)13-7-9-24-10-8-13/h3-6,13,16H,7-10H2,1-2H3,(H,20,22)/t16-/m0/s1. The van der Waals surface area contributed by atoms with E-state index >= 15 is 0 Å². The zero-order chi connectivity index (χ0) is 17.4. The van der Waals surface area contributed by atoms with E-state index in [1.165, 1.54) is 0 Å². The third kappa shape index (κ3) is 3.02. The van der Waals surface area contributed by atoms with Crippen LogP contribution in [0.4, 0.5) is 5.82 Å². The van der Waals surface area contributed by atoms with Gasteiger partial charge in [0, 0.05) is 13.2 Å². The fourth-order valence-electron chi connectivity index (χ4n) is 3.43. The van der Waals surface area contributed by atoms with E-state index in [1.807, 2.05) is 35.9 Å². The van der Waals surface area contributed by atoms with E-state index in [2.05, 4.69) is 5.10 Å². The Morgan fingerprint density at radius 1 is 1.28 bits per heavy atom. The number of rotatable bonds is 3. The Kier molecular flexibility index (Phi) is 4.43. The third-order valence-corrected chi connectivity index (χ3v) is 5.90. The molecule has 2 aliphatic heterocycles. The predicted molar refractivity (Wildman–Crippen MR) is 99.3 cm³/mol. The minimum Gasteiger partial charge on any atom is -0.497 e. The molecule has 0 unspecified atom stereocenters. The fourth-order valence-corrected chi connectivity index (χ4v) is 4.53. The molecule has 3 heterocycles. The number of benzene rings is 1. The summed E-state index contributed by atoms with van der Waals surface area (Å²) in [5, 5.41) is 3.94. The molecule has 1 atom stereocenters. The fraction of sp³-hybridized carbons (Fsp3) is 0.444. The van der Waals surface area contributed by atoms with Crippen molar-refractivity contribution in [1.82, 2.24) is 9.78 Å². The quantitative estimate of drug-likeness (QED) is 0.912. The van der Waals surface area contributed by atoms with Crippen molar-refractivity contribution in [3.63, 3.8) is 0 Å². The molecule has 0 spiro atoms. The van der Waals surface area contributed by atoms with Gasteiger partial charge in [-0.25, -0.2) is 4.99 Å². The van der Waals surface area contributed by atoms with Gasteiger partial charge in [-0.05, 0) is 37.5 Å². The zero-order valence-electron chi connectivity index (χ0n) is 14.3. The molecular weight excluding hydrogens is 338 g/mol. The molecule has 2 aromatic rings. The molecule has 1 fully saturated rings. The summed E-state index contributed by atoms with van der Waals surface area (Å²) in [6, 6.07) is 8.14. The van der Waals surface area contributed by atoms with Crippen LogP contribution >= 0.6 is 11.8 Å². The second-order valence-corrected chi connectivity index (χ2v) is 7.59. The van der Waals surface area contributed by atoms with Crippen molar-refractivity contribution in [3.8, 4) is 5.75 Å². The van der Waals surface area contributed by atoms with Crippen molar-refractivity contribution in [3.05, 3.63) is 45.7 Å². The van der Waals surface area contributed by atoms with Gasteiger partial charge in [-0.3, -0.25) is 14.6 Å². The summed E-state index contributed by atoms with van der Waals surface area (Å²) >= 11 is 1.62. The van der Waals surface area contributed by atoms with Gasteiger partial charge < -0.3 is 9.47 Å². The first kappa shape index (κ1) is 16.5. The van der Waals surface area contributed by atoms with Crippen LogP contribution < -0.4 is 10.3 Å². The Morgan fingerprint density at radius 2 is 2.00 bits per heavy atom.